The van der Waals surface area contributed by atoms with Crippen LogP contribution in [0.15, 0.2) is 30.5 Å². The van der Waals surface area contributed by atoms with Crippen molar-refractivity contribution in [1.82, 2.24) is 9.78 Å². The van der Waals surface area contributed by atoms with Crippen LogP contribution in [0.25, 0.3) is 11.3 Å². The fourth-order valence-corrected chi connectivity index (χ4v) is 1.72. The van der Waals surface area contributed by atoms with Gasteiger partial charge in [0.2, 0.25) is 0 Å². The van der Waals surface area contributed by atoms with Gasteiger partial charge in [-0.05, 0) is 19.1 Å². The number of rotatable bonds is 4. The second-order valence-corrected chi connectivity index (χ2v) is 3.78. The minimum Gasteiger partial charge on any atom is -0.497 e. The summed E-state index contributed by atoms with van der Waals surface area (Å²) < 4.78 is 6.74. The molecule has 2 aromatic rings. The third kappa shape index (κ3) is 2.20. The number of aryl methyl sites for hydroxylation is 1. The Morgan fingerprint density at radius 3 is 2.89 bits per heavy atom. The molecule has 0 radical (unpaired) electrons. The molecule has 94 valence electrons. The molecule has 1 N–H and O–H groups in total. The third-order valence-corrected chi connectivity index (χ3v) is 2.66. The smallest absolute Gasteiger partial charge is 0.339 e. The van der Waals surface area contributed by atoms with E-state index in [9.17, 15) is 9.90 Å². The van der Waals surface area contributed by atoms with Crippen molar-refractivity contribution >= 4 is 5.97 Å². The van der Waals surface area contributed by atoms with Crippen molar-refractivity contribution in [1.29, 1.82) is 0 Å². The lowest BCUT2D eigenvalue weighted by Crippen LogP contribution is -1.96. The van der Waals surface area contributed by atoms with Gasteiger partial charge in [-0.15, -0.1) is 0 Å². The number of ether oxygens (including phenoxy) is 1. The van der Waals surface area contributed by atoms with Gasteiger partial charge in [-0.2, -0.15) is 5.10 Å². The first-order valence-electron chi connectivity index (χ1n) is 5.61. The lowest BCUT2D eigenvalue weighted by atomic mass is 10.1. The van der Waals surface area contributed by atoms with Gasteiger partial charge in [0.1, 0.15) is 17.0 Å². The summed E-state index contributed by atoms with van der Waals surface area (Å²) in [7, 11) is 1.57. The average Bonchev–Trinajstić information content (AvgIpc) is 2.83. The Hall–Kier alpha value is -2.30. The molecule has 0 unspecified atom stereocenters. The summed E-state index contributed by atoms with van der Waals surface area (Å²) in [6, 6.07) is 7.21. The van der Waals surface area contributed by atoms with Gasteiger partial charge in [0.25, 0.3) is 0 Å². The fourth-order valence-electron chi connectivity index (χ4n) is 1.72. The van der Waals surface area contributed by atoms with E-state index in [1.54, 1.807) is 23.9 Å². The first-order valence-corrected chi connectivity index (χ1v) is 5.61. The molecule has 5 heteroatoms. The number of benzene rings is 1. The van der Waals surface area contributed by atoms with Crippen molar-refractivity contribution in [3.05, 3.63) is 36.0 Å². The third-order valence-electron chi connectivity index (χ3n) is 2.66. The van der Waals surface area contributed by atoms with Crippen LogP contribution in [-0.4, -0.2) is 28.0 Å². The molecule has 0 fully saturated rings. The van der Waals surface area contributed by atoms with Crippen molar-refractivity contribution < 1.29 is 14.6 Å². The molecular formula is C13H14N2O3. The number of carbonyl (C=O) groups is 1. The summed E-state index contributed by atoms with van der Waals surface area (Å²) in [5, 5.41) is 13.5. The number of nitrogens with zero attached hydrogens (tertiary/aromatic N) is 2. The van der Waals surface area contributed by atoms with Gasteiger partial charge in [-0.1, -0.05) is 12.1 Å². The second-order valence-electron chi connectivity index (χ2n) is 3.78. The van der Waals surface area contributed by atoms with Gasteiger partial charge in [-0.3, -0.25) is 4.68 Å². The molecule has 0 saturated carbocycles. The highest BCUT2D eigenvalue weighted by Gasteiger charge is 2.16. The molecule has 2 rings (SSSR count). The highest BCUT2D eigenvalue weighted by molar-refractivity contribution is 5.94. The van der Waals surface area contributed by atoms with Crippen molar-refractivity contribution in [2.45, 2.75) is 13.5 Å². The molecule has 0 spiro atoms. The Balaban J connectivity index is 2.54. The predicted molar refractivity (Wildman–Crippen MR) is 66.8 cm³/mol. The van der Waals surface area contributed by atoms with E-state index in [1.165, 1.54) is 6.20 Å². The molecule has 0 aliphatic heterocycles. The molecule has 1 aromatic carbocycles. The van der Waals surface area contributed by atoms with Crippen LogP contribution in [0.5, 0.6) is 5.75 Å². The van der Waals surface area contributed by atoms with Gasteiger partial charge >= 0.3 is 5.97 Å². The van der Waals surface area contributed by atoms with Gasteiger partial charge in [0.05, 0.1) is 7.11 Å². The minimum atomic E-state index is -0.979. The molecule has 1 heterocycles. The highest BCUT2D eigenvalue weighted by Crippen LogP contribution is 2.25. The van der Waals surface area contributed by atoms with Crippen LogP contribution < -0.4 is 4.74 Å². The Morgan fingerprint density at radius 2 is 2.28 bits per heavy atom. The van der Waals surface area contributed by atoms with Gasteiger partial charge in [0.15, 0.2) is 0 Å². The van der Waals surface area contributed by atoms with Crippen molar-refractivity contribution in [3.63, 3.8) is 0 Å². The normalized spacial score (nSPS) is 10.3. The molecule has 0 aliphatic carbocycles. The first-order chi connectivity index (χ1) is 8.65. The lowest BCUT2D eigenvalue weighted by Gasteiger charge is -2.02. The lowest BCUT2D eigenvalue weighted by molar-refractivity contribution is 0.0697. The standard InChI is InChI=1S/C13H14N2O3/c1-3-15-8-11(13(16)17)12(14-15)9-5-4-6-10(7-9)18-2/h4-8H,3H2,1-2H3,(H,16,17). The van der Waals surface area contributed by atoms with Gasteiger partial charge in [-0.25, -0.2) is 4.79 Å². The number of carboxylic acids is 1. The molecule has 18 heavy (non-hydrogen) atoms. The molecule has 0 aliphatic rings. The summed E-state index contributed by atoms with van der Waals surface area (Å²) in [5.41, 5.74) is 1.40. The summed E-state index contributed by atoms with van der Waals surface area (Å²) in [6.07, 6.45) is 1.54. The number of methoxy groups -OCH3 is 1. The van der Waals surface area contributed by atoms with Crippen LogP contribution in [0, 0.1) is 0 Å². The Bertz CT molecular complexity index is 575. The van der Waals surface area contributed by atoms with Crippen molar-refractivity contribution in [2.75, 3.05) is 7.11 Å². The van der Waals surface area contributed by atoms with E-state index in [4.69, 9.17) is 4.74 Å². The van der Waals surface area contributed by atoms with E-state index in [0.717, 1.165) is 5.56 Å². The summed E-state index contributed by atoms with van der Waals surface area (Å²) in [5.74, 6) is -0.303. The van der Waals surface area contributed by atoms with Crippen LogP contribution in [-0.2, 0) is 6.54 Å². The number of hydrogen-bond acceptors (Lipinski definition) is 3. The molecule has 0 atom stereocenters. The molecule has 0 saturated heterocycles. The maximum atomic E-state index is 11.2. The Labute approximate surface area is 105 Å². The SMILES string of the molecule is CCn1cc(C(=O)O)c(-c2cccc(OC)c2)n1. The van der Waals surface area contributed by atoms with Crippen LogP contribution in [0.4, 0.5) is 0 Å². The van der Waals surface area contributed by atoms with E-state index >= 15 is 0 Å². The number of aromatic carboxylic acids is 1. The number of carboxylic acid groups (broad SMARTS) is 1. The largest absolute Gasteiger partial charge is 0.497 e. The van der Waals surface area contributed by atoms with Crippen molar-refractivity contribution in [3.8, 4) is 17.0 Å². The van der Waals surface area contributed by atoms with Crippen LogP contribution in [0.1, 0.15) is 17.3 Å². The maximum Gasteiger partial charge on any atom is 0.339 e. The molecule has 5 nitrogen and oxygen atoms in total. The number of aromatic nitrogens is 2. The summed E-state index contributed by atoms with van der Waals surface area (Å²) in [4.78, 5) is 11.2. The number of hydrogen-bond donors (Lipinski definition) is 1. The molecule has 0 bridgehead atoms. The topological polar surface area (TPSA) is 64.4 Å². The highest BCUT2D eigenvalue weighted by atomic mass is 16.5. The molecule has 0 amide bonds. The Kier molecular flexibility index (Phi) is 3.32. The van der Waals surface area contributed by atoms with Gasteiger partial charge in [0, 0.05) is 18.3 Å². The van der Waals surface area contributed by atoms with Gasteiger partial charge < -0.3 is 9.84 Å². The van der Waals surface area contributed by atoms with Crippen LogP contribution in [0.2, 0.25) is 0 Å². The predicted octanol–water partition coefficient (Wildman–Crippen LogP) is 2.28. The zero-order valence-electron chi connectivity index (χ0n) is 10.3. The zero-order chi connectivity index (χ0) is 13.1. The average molecular weight is 246 g/mol. The quantitative estimate of drug-likeness (QED) is 0.898. The fraction of sp³-hybridized carbons (Fsp3) is 0.231. The van der Waals surface area contributed by atoms with Crippen molar-refractivity contribution in [2.24, 2.45) is 0 Å². The molecular weight excluding hydrogens is 232 g/mol. The maximum absolute atomic E-state index is 11.2. The van der Waals surface area contributed by atoms with E-state index in [-0.39, 0.29) is 5.56 Å². The van der Waals surface area contributed by atoms with E-state index < -0.39 is 5.97 Å². The van der Waals surface area contributed by atoms with Crippen LogP contribution >= 0.6 is 0 Å². The Morgan fingerprint density at radius 1 is 1.50 bits per heavy atom. The zero-order valence-corrected chi connectivity index (χ0v) is 10.3. The monoisotopic (exact) mass is 246 g/mol. The van der Waals surface area contributed by atoms with E-state index in [2.05, 4.69) is 5.10 Å². The summed E-state index contributed by atoms with van der Waals surface area (Å²) in [6.45, 7) is 2.54. The minimum absolute atomic E-state index is 0.199. The molecule has 1 aromatic heterocycles. The second kappa shape index (κ2) is 4.91. The first kappa shape index (κ1) is 12.2. The summed E-state index contributed by atoms with van der Waals surface area (Å²) >= 11 is 0. The van der Waals surface area contributed by atoms with E-state index in [0.29, 0.717) is 18.0 Å². The van der Waals surface area contributed by atoms with Crippen LogP contribution in [0.3, 0.4) is 0 Å². The van der Waals surface area contributed by atoms with E-state index in [1.807, 2.05) is 19.1 Å².